The Morgan fingerprint density at radius 2 is 1.96 bits per heavy atom. The summed E-state index contributed by atoms with van der Waals surface area (Å²) in [7, 11) is 0. The van der Waals surface area contributed by atoms with E-state index in [1.165, 1.54) is 0 Å². The van der Waals surface area contributed by atoms with Crippen LogP contribution in [-0.4, -0.2) is 35.8 Å². The molecule has 0 radical (unpaired) electrons. The van der Waals surface area contributed by atoms with Gasteiger partial charge in [0, 0.05) is 29.7 Å². The van der Waals surface area contributed by atoms with Crippen molar-refractivity contribution in [2.24, 2.45) is 0 Å². The first kappa shape index (κ1) is 18.5. The predicted octanol–water partition coefficient (Wildman–Crippen LogP) is 2.83. The number of rotatable bonds is 1. The summed E-state index contributed by atoms with van der Waals surface area (Å²) in [6.45, 7) is 4.45. The summed E-state index contributed by atoms with van der Waals surface area (Å²) >= 11 is 3.45. The second-order valence-corrected chi connectivity index (χ2v) is 7.36. The van der Waals surface area contributed by atoms with Crippen molar-refractivity contribution in [2.45, 2.75) is 25.9 Å². The Bertz CT molecular complexity index is 796. The van der Waals surface area contributed by atoms with Gasteiger partial charge in [0.25, 0.3) is 5.91 Å². The molecule has 6 heteroatoms. The molecule has 2 atom stereocenters. The van der Waals surface area contributed by atoms with Crippen LogP contribution < -0.4 is 10.6 Å². The molecule has 0 spiro atoms. The minimum absolute atomic E-state index is 0.0757. The summed E-state index contributed by atoms with van der Waals surface area (Å²) in [4.78, 5) is 26.9. The minimum Gasteiger partial charge on any atom is -0.381 e. The molecule has 0 aliphatic carbocycles. The molecule has 2 aliphatic rings. The maximum Gasteiger partial charge on any atom is 0.251 e. The molecule has 3 rings (SSSR count). The molecule has 0 fully saturated rings. The maximum absolute atomic E-state index is 12.7. The van der Waals surface area contributed by atoms with Gasteiger partial charge in [-0.05, 0) is 24.6 Å². The van der Waals surface area contributed by atoms with Crippen LogP contribution >= 0.6 is 15.9 Å². The van der Waals surface area contributed by atoms with Gasteiger partial charge in [-0.1, -0.05) is 52.4 Å². The highest BCUT2D eigenvalue weighted by atomic mass is 79.9. The number of benzene rings is 1. The third-order valence-corrected chi connectivity index (χ3v) is 5.05. The van der Waals surface area contributed by atoms with E-state index in [2.05, 4.69) is 26.6 Å². The van der Waals surface area contributed by atoms with Crippen molar-refractivity contribution in [1.82, 2.24) is 15.5 Å². The van der Waals surface area contributed by atoms with E-state index in [1.807, 2.05) is 55.5 Å². The van der Waals surface area contributed by atoms with E-state index in [4.69, 9.17) is 0 Å². The van der Waals surface area contributed by atoms with E-state index >= 15 is 0 Å². The summed E-state index contributed by atoms with van der Waals surface area (Å²) in [6, 6.07) is 7.39. The Morgan fingerprint density at radius 1 is 1.23 bits per heavy atom. The number of allylic oxidation sites excluding steroid dienone is 2. The Kier molecular flexibility index (Phi) is 5.61. The van der Waals surface area contributed by atoms with Crippen LogP contribution in [0.2, 0.25) is 0 Å². The molecule has 1 aromatic rings. The van der Waals surface area contributed by atoms with E-state index in [9.17, 15) is 9.59 Å². The number of amides is 2. The highest BCUT2D eigenvalue weighted by Gasteiger charge is 2.35. The van der Waals surface area contributed by atoms with Gasteiger partial charge in [-0.15, -0.1) is 0 Å². The monoisotopic (exact) mass is 415 g/mol. The fourth-order valence-electron chi connectivity index (χ4n) is 3.28. The number of halogens is 1. The molecule has 2 N–H and O–H groups in total. The van der Waals surface area contributed by atoms with Gasteiger partial charge >= 0.3 is 0 Å². The lowest BCUT2D eigenvalue weighted by atomic mass is 9.95. The predicted molar refractivity (Wildman–Crippen MR) is 105 cm³/mol. The molecule has 0 bridgehead atoms. The first-order valence-electron chi connectivity index (χ1n) is 8.61. The molecule has 136 valence electrons. The van der Waals surface area contributed by atoms with Crippen molar-refractivity contribution in [3.63, 3.8) is 0 Å². The van der Waals surface area contributed by atoms with Gasteiger partial charge in [0.05, 0.1) is 18.2 Å². The van der Waals surface area contributed by atoms with Crippen LogP contribution in [0.4, 0.5) is 0 Å². The number of hydrogen-bond acceptors (Lipinski definition) is 3. The summed E-state index contributed by atoms with van der Waals surface area (Å²) in [5.74, 6) is -0.212. The maximum atomic E-state index is 12.7. The second kappa shape index (κ2) is 7.91. The van der Waals surface area contributed by atoms with Crippen LogP contribution in [0.5, 0.6) is 0 Å². The largest absolute Gasteiger partial charge is 0.381 e. The Labute approximate surface area is 162 Å². The third-order valence-electron chi connectivity index (χ3n) is 4.52. The van der Waals surface area contributed by atoms with Crippen molar-refractivity contribution >= 4 is 27.7 Å². The molecule has 2 aliphatic heterocycles. The molecule has 0 saturated heterocycles. The smallest absolute Gasteiger partial charge is 0.251 e. The van der Waals surface area contributed by atoms with Gasteiger partial charge in [0.1, 0.15) is 0 Å². The molecular formula is C20H22BrN3O2. The first-order valence-corrected chi connectivity index (χ1v) is 9.40. The molecule has 26 heavy (non-hydrogen) atoms. The number of nitrogens with zero attached hydrogens (tertiary/aromatic N) is 1. The molecular weight excluding hydrogens is 394 g/mol. The summed E-state index contributed by atoms with van der Waals surface area (Å²) in [5.41, 5.74) is 2.36. The zero-order valence-electron chi connectivity index (χ0n) is 14.8. The van der Waals surface area contributed by atoms with Crippen LogP contribution in [-0.2, 0) is 9.59 Å². The van der Waals surface area contributed by atoms with E-state index in [0.29, 0.717) is 18.7 Å². The van der Waals surface area contributed by atoms with Gasteiger partial charge in [0.2, 0.25) is 5.91 Å². The van der Waals surface area contributed by atoms with E-state index in [0.717, 1.165) is 15.7 Å². The van der Waals surface area contributed by atoms with E-state index in [-0.39, 0.29) is 17.9 Å². The lowest BCUT2D eigenvalue weighted by Gasteiger charge is -2.31. The van der Waals surface area contributed by atoms with Crippen LogP contribution in [0.3, 0.4) is 0 Å². The van der Waals surface area contributed by atoms with Gasteiger partial charge in [-0.25, -0.2) is 0 Å². The van der Waals surface area contributed by atoms with Crippen LogP contribution in [0.1, 0.15) is 25.5 Å². The van der Waals surface area contributed by atoms with Crippen molar-refractivity contribution < 1.29 is 9.59 Å². The summed E-state index contributed by atoms with van der Waals surface area (Å²) in [5, 5.41) is 6.31. The topological polar surface area (TPSA) is 61.4 Å². The van der Waals surface area contributed by atoms with Gasteiger partial charge in [-0.2, -0.15) is 0 Å². The molecule has 2 heterocycles. The average molecular weight is 416 g/mol. The standard InChI is InChI=1S/C20H22BrN3O2/c1-13-6-4-3-5-11-24(14(2)25)19(15-7-9-16(21)10-8-15)18-17(23-13)12-22-20(18)26/h3-10,13,19,23H,11-12H2,1-2H3,(H,22,26)/b5-3-,6-4-. The number of carbonyl (C=O) groups excluding carboxylic acids is 2. The van der Waals surface area contributed by atoms with Crippen LogP contribution in [0.15, 0.2) is 64.3 Å². The first-order chi connectivity index (χ1) is 12.5. The van der Waals surface area contributed by atoms with Gasteiger partial charge < -0.3 is 15.5 Å². The van der Waals surface area contributed by atoms with Gasteiger partial charge in [-0.3, -0.25) is 9.59 Å². The van der Waals surface area contributed by atoms with E-state index < -0.39 is 6.04 Å². The molecule has 0 saturated carbocycles. The Hall–Kier alpha value is -2.34. The zero-order valence-corrected chi connectivity index (χ0v) is 16.4. The van der Waals surface area contributed by atoms with Crippen LogP contribution in [0.25, 0.3) is 0 Å². The van der Waals surface area contributed by atoms with Crippen molar-refractivity contribution in [1.29, 1.82) is 0 Å². The quantitative estimate of drug-likeness (QED) is 0.740. The molecule has 2 unspecified atom stereocenters. The second-order valence-electron chi connectivity index (χ2n) is 6.45. The number of hydrogen-bond donors (Lipinski definition) is 2. The minimum atomic E-state index is -0.444. The van der Waals surface area contributed by atoms with Crippen LogP contribution in [0, 0.1) is 0 Å². The van der Waals surface area contributed by atoms with Crippen molar-refractivity contribution in [2.75, 3.05) is 13.1 Å². The molecule has 5 nitrogen and oxygen atoms in total. The Balaban J connectivity index is 2.17. The molecule has 1 aromatic carbocycles. The zero-order chi connectivity index (χ0) is 18.7. The lowest BCUT2D eigenvalue weighted by molar-refractivity contribution is -0.130. The highest BCUT2D eigenvalue weighted by molar-refractivity contribution is 9.10. The lowest BCUT2D eigenvalue weighted by Crippen LogP contribution is -2.37. The van der Waals surface area contributed by atoms with E-state index in [1.54, 1.807) is 11.8 Å². The molecule has 0 aromatic heterocycles. The Morgan fingerprint density at radius 3 is 2.65 bits per heavy atom. The number of nitrogens with one attached hydrogen (secondary N) is 2. The van der Waals surface area contributed by atoms with Crippen molar-refractivity contribution in [3.8, 4) is 0 Å². The average Bonchev–Trinajstić information content (AvgIpc) is 2.93. The molecule has 2 amide bonds. The summed E-state index contributed by atoms with van der Waals surface area (Å²) in [6.07, 6.45) is 7.86. The van der Waals surface area contributed by atoms with Gasteiger partial charge in [0.15, 0.2) is 0 Å². The van der Waals surface area contributed by atoms with Crippen molar-refractivity contribution in [3.05, 3.63) is 69.9 Å². The number of carbonyl (C=O) groups is 2. The normalized spacial score (nSPS) is 25.7. The third kappa shape index (κ3) is 3.90. The fourth-order valence-corrected chi connectivity index (χ4v) is 3.55. The SMILES string of the molecule is CC(=O)N1C/C=C\C=C/C(C)NC2=C(C(=O)NC2)C1c1ccc(Br)cc1. The fraction of sp³-hybridized carbons (Fsp3) is 0.300. The summed E-state index contributed by atoms with van der Waals surface area (Å²) < 4.78 is 0.952. The highest BCUT2D eigenvalue weighted by Crippen LogP contribution is 2.33.